The van der Waals surface area contributed by atoms with Crippen LogP contribution in [0.15, 0.2) is 18.2 Å². The number of nitrogens with two attached hydrogens (primary N) is 1. The van der Waals surface area contributed by atoms with Gasteiger partial charge in [0, 0.05) is 18.2 Å². The standard InChI is InChI=1S/C10H15NO2/c1-7(11)9-6-8(4-5-12)2-3-10(9)13/h2-3,6-7,12-13H,4-5,11H2,1H3. The van der Waals surface area contributed by atoms with Crippen LogP contribution < -0.4 is 5.73 Å². The van der Waals surface area contributed by atoms with Crippen molar-refractivity contribution in [2.45, 2.75) is 19.4 Å². The Morgan fingerprint density at radius 2 is 2.15 bits per heavy atom. The molecule has 0 saturated heterocycles. The van der Waals surface area contributed by atoms with Crippen molar-refractivity contribution >= 4 is 0 Å². The van der Waals surface area contributed by atoms with Gasteiger partial charge in [-0.2, -0.15) is 0 Å². The third-order valence-corrected chi connectivity index (χ3v) is 1.98. The van der Waals surface area contributed by atoms with Gasteiger partial charge in [-0.3, -0.25) is 0 Å². The van der Waals surface area contributed by atoms with E-state index in [2.05, 4.69) is 0 Å². The van der Waals surface area contributed by atoms with Crippen LogP contribution in [0.4, 0.5) is 0 Å². The van der Waals surface area contributed by atoms with Gasteiger partial charge < -0.3 is 15.9 Å². The normalized spacial score (nSPS) is 12.8. The number of phenols is 1. The van der Waals surface area contributed by atoms with Crippen LogP contribution in [0.5, 0.6) is 5.75 Å². The lowest BCUT2D eigenvalue weighted by molar-refractivity contribution is 0.299. The van der Waals surface area contributed by atoms with Gasteiger partial charge in [-0.15, -0.1) is 0 Å². The zero-order chi connectivity index (χ0) is 9.84. The first kappa shape index (κ1) is 10.0. The molecule has 1 aromatic carbocycles. The van der Waals surface area contributed by atoms with Crippen LogP contribution >= 0.6 is 0 Å². The van der Waals surface area contributed by atoms with E-state index in [0.717, 1.165) is 11.1 Å². The zero-order valence-electron chi connectivity index (χ0n) is 7.70. The van der Waals surface area contributed by atoms with Gasteiger partial charge in [-0.25, -0.2) is 0 Å². The highest BCUT2D eigenvalue weighted by Gasteiger charge is 2.06. The Kier molecular flexibility index (Phi) is 3.28. The number of phenolic OH excluding ortho intramolecular Hbond substituents is 1. The highest BCUT2D eigenvalue weighted by molar-refractivity contribution is 5.38. The molecule has 0 amide bonds. The summed E-state index contributed by atoms with van der Waals surface area (Å²) in [6.45, 7) is 1.93. The maximum atomic E-state index is 9.43. The molecule has 0 bridgehead atoms. The maximum absolute atomic E-state index is 9.43. The second kappa shape index (κ2) is 4.25. The SMILES string of the molecule is CC(N)c1cc(CCO)ccc1O. The van der Waals surface area contributed by atoms with E-state index in [4.69, 9.17) is 10.8 Å². The molecule has 0 aromatic heterocycles. The summed E-state index contributed by atoms with van der Waals surface area (Å²) in [5.74, 6) is 0.219. The summed E-state index contributed by atoms with van der Waals surface area (Å²) in [6.07, 6.45) is 0.597. The topological polar surface area (TPSA) is 66.5 Å². The van der Waals surface area contributed by atoms with Crippen LogP contribution in [0.3, 0.4) is 0 Å². The number of hydrogen-bond acceptors (Lipinski definition) is 3. The van der Waals surface area contributed by atoms with Gasteiger partial charge in [-0.1, -0.05) is 12.1 Å². The molecule has 0 spiro atoms. The highest BCUT2D eigenvalue weighted by atomic mass is 16.3. The van der Waals surface area contributed by atoms with Crippen molar-refractivity contribution in [1.82, 2.24) is 0 Å². The molecule has 0 aliphatic heterocycles. The van der Waals surface area contributed by atoms with E-state index in [9.17, 15) is 5.11 Å². The Labute approximate surface area is 77.8 Å². The molecule has 3 nitrogen and oxygen atoms in total. The minimum absolute atomic E-state index is 0.114. The van der Waals surface area contributed by atoms with Crippen molar-refractivity contribution in [3.05, 3.63) is 29.3 Å². The van der Waals surface area contributed by atoms with E-state index in [0.29, 0.717) is 6.42 Å². The van der Waals surface area contributed by atoms with Crippen LogP contribution in [0.1, 0.15) is 24.1 Å². The number of hydrogen-bond donors (Lipinski definition) is 3. The van der Waals surface area contributed by atoms with Crippen molar-refractivity contribution in [1.29, 1.82) is 0 Å². The summed E-state index contributed by atoms with van der Waals surface area (Å²) in [4.78, 5) is 0. The van der Waals surface area contributed by atoms with Gasteiger partial charge in [0.05, 0.1) is 0 Å². The Hall–Kier alpha value is -1.06. The van der Waals surface area contributed by atoms with Crippen LogP contribution in [0.25, 0.3) is 0 Å². The maximum Gasteiger partial charge on any atom is 0.120 e. The van der Waals surface area contributed by atoms with Gasteiger partial charge in [0.2, 0.25) is 0 Å². The summed E-state index contributed by atoms with van der Waals surface area (Å²) in [7, 11) is 0. The van der Waals surface area contributed by atoms with Crippen molar-refractivity contribution in [3.63, 3.8) is 0 Å². The second-order valence-electron chi connectivity index (χ2n) is 3.16. The Balaban J connectivity index is 2.97. The largest absolute Gasteiger partial charge is 0.508 e. The number of aliphatic hydroxyl groups excluding tert-OH is 1. The minimum Gasteiger partial charge on any atom is -0.508 e. The summed E-state index contributed by atoms with van der Waals surface area (Å²) in [5, 5.41) is 18.2. The molecule has 13 heavy (non-hydrogen) atoms. The van der Waals surface area contributed by atoms with Gasteiger partial charge in [0.1, 0.15) is 5.75 Å². The fourth-order valence-corrected chi connectivity index (χ4v) is 1.25. The van der Waals surface area contributed by atoms with Crippen LogP contribution in [-0.2, 0) is 6.42 Å². The summed E-state index contributed by atoms with van der Waals surface area (Å²) in [5.41, 5.74) is 7.38. The first-order chi connectivity index (χ1) is 6.15. The first-order valence-corrected chi connectivity index (χ1v) is 4.33. The summed E-state index contributed by atoms with van der Waals surface area (Å²) >= 11 is 0. The quantitative estimate of drug-likeness (QED) is 0.650. The van der Waals surface area contributed by atoms with E-state index in [1.165, 1.54) is 0 Å². The molecule has 0 fully saturated rings. The Morgan fingerprint density at radius 3 is 2.69 bits per heavy atom. The van der Waals surface area contributed by atoms with Crippen molar-refractivity contribution in [3.8, 4) is 5.75 Å². The lowest BCUT2D eigenvalue weighted by Gasteiger charge is -2.09. The van der Waals surface area contributed by atoms with Crippen molar-refractivity contribution in [2.75, 3.05) is 6.61 Å². The Morgan fingerprint density at radius 1 is 1.46 bits per heavy atom. The van der Waals surface area contributed by atoms with Crippen LogP contribution in [0, 0.1) is 0 Å². The van der Waals surface area contributed by atoms with Gasteiger partial charge in [0.25, 0.3) is 0 Å². The molecule has 3 heteroatoms. The molecular formula is C10H15NO2. The summed E-state index contributed by atoms with van der Waals surface area (Å²) in [6, 6.07) is 5.05. The molecule has 1 aromatic rings. The van der Waals surface area contributed by atoms with Crippen molar-refractivity contribution < 1.29 is 10.2 Å². The van der Waals surface area contributed by atoms with E-state index >= 15 is 0 Å². The number of benzene rings is 1. The summed E-state index contributed by atoms with van der Waals surface area (Å²) < 4.78 is 0. The molecule has 72 valence electrons. The molecule has 1 rings (SSSR count). The van der Waals surface area contributed by atoms with Crippen molar-refractivity contribution in [2.24, 2.45) is 5.73 Å². The monoisotopic (exact) mass is 181 g/mol. The number of rotatable bonds is 3. The molecule has 0 saturated carbocycles. The van der Waals surface area contributed by atoms with E-state index in [1.807, 2.05) is 13.0 Å². The molecule has 1 atom stereocenters. The lowest BCUT2D eigenvalue weighted by atomic mass is 10.0. The predicted octanol–water partition coefficient (Wildman–Crippen LogP) is 0.947. The fraction of sp³-hybridized carbons (Fsp3) is 0.400. The predicted molar refractivity (Wildman–Crippen MR) is 51.5 cm³/mol. The molecule has 1 unspecified atom stereocenters. The van der Waals surface area contributed by atoms with Gasteiger partial charge >= 0.3 is 0 Å². The third-order valence-electron chi connectivity index (χ3n) is 1.98. The Bertz CT molecular complexity index is 284. The first-order valence-electron chi connectivity index (χ1n) is 4.33. The molecule has 0 aliphatic carbocycles. The van der Waals surface area contributed by atoms with E-state index in [-0.39, 0.29) is 18.4 Å². The average molecular weight is 181 g/mol. The number of aromatic hydroxyl groups is 1. The molecule has 0 heterocycles. The van der Waals surface area contributed by atoms with Gasteiger partial charge in [-0.05, 0) is 25.0 Å². The van der Waals surface area contributed by atoms with E-state index in [1.54, 1.807) is 12.1 Å². The number of aliphatic hydroxyl groups is 1. The highest BCUT2D eigenvalue weighted by Crippen LogP contribution is 2.23. The molecular weight excluding hydrogens is 166 g/mol. The van der Waals surface area contributed by atoms with E-state index < -0.39 is 0 Å². The van der Waals surface area contributed by atoms with Crippen LogP contribution in [-0.4, -0.2) is 16.8 Å². The molecule has 0 radical (unpaired) electrons. The van der Waals surface area contributed by atoms with Gasteiger partial charge in [0.15, 0.2) is 0 Å². The molecule has 4 N–H and O–H groups in total. The minimum atomic E-state index is -0.182. The fourth-order valence-electron chi connectivity index (χ4n) is 1.25. The lowest BCUT2D eigenvalue weighted by Crippen LogP contribution is -2.06. The smallest absolute Gasteiger partial charge is 0.120 e. The zero-order valence-corrected chi connectivity index (χ0v) is 7.70. The van der Waals surface area contributed by atoms with Crippen LogP contribution in [0.2, 0.25) is 0 Å². The third kappa shape index (κ3) is 2.44. The molecule has 0 aliphatic rings. The second-order valence-corrected chi connectivity index (χ2v) is 3.16. The average Bonchev–Trinajstić information content (AvgIpc) is 2.08.